The van der Waals surface area contributed by atoms with Gasteiger partial charge >= 0.3 is 0 Å². The van der Waals surface area contributed by atoms with Crippen LogP contribution in [0.15, 0.2) is 23.5 Å². The van der Waals surface area contributed by atoms with Gasteiger partial charge in [-0.25, -0.2) is 0 Å². The van der Waals surface area contributed by atoms with Crippen LogP contribution in [0.3, 0.4) is 0 Å². The molecule has 0 aromatic carbocycles. The quantitative estimate of drug-likeness (QED) is 0.598. The first-order valence-electron chi connectivity index (χ1n) is 4.67. The van der Waals surface area contributed by atoms with Crippen LogP contribution in [0.1, 0.15) is 27.2 Å². The lowest BCUT2D eigenvalue weighted by atomic mass is 9.97. The third-order valence-electron chi connectivity index (χ3n) is 1.93. The highest BCUT2D eigenvalue weighted by Crippen LogP contribution is 2.25. The van der Waals surface area contributed by atoms with E-state index in [2.05, 4.69) is 24.6 Å². The van der Waals surface area contributed by atoms with Gasteiger partial charge in [0.2, 0.25) is 0 Å². The molecule has 2 heteroatoms. The fourth-order valence-electron chi connectivity index (χ4n) is 1.31. The number of hydroxylamine groups is 1. The molecule has 2 nitrogen and oxygen atoms in total. The van der Waals surface area contributed by atoms with Gasteiger partial charge in [-0.1, -0.05) is 26.8 Å². The van der Waals surface area contributed by atoms with Gasteiger partial charge in [0.05, 0.1) is 6.54 Å². The molecule has 1 aliphatic heterocycles. The molecule has 1 saturated heterocycles. The lowest BCUT2D eigenvalue weighted by Gasteiger charge is -2.09. The van der Waals surface area contributed by atoms with Crippen LogP contribution in [0.25, 0.3) is 0 Å². The zero-order chi connectivity index (χ0) is 8.97. The van der Waals surface area contributed by atoms with Crippen LogP contribution in [-0.4, -0.2) is 6.54 Å². The molecule has 1 unspecified atom stereocenters. The van der Waals surface area contributed by atoms with E-state index < -0.39 is 0 Å². The number of hydrogen-bond donors (Lipinski definition) is 1. The number of allylic oxidation sites excluding steroid dienone is 2. The van der Waals surface area contributed by atoms with E-state index >= 15 is 0 Å². The summed E-state index contributed by atoms with van der Waals surface area (Å²) in [6, 6.07) is 0. The topological polar surface area (TPSA) is 21.3 Å². The van der Waals surface area contributed by atoms with E-state index in [1.54, 1.807) is 0 Å². The summed E-state index contributed by atoms with van der Waals surface area (Å²) in [6.45, 7) is 7.07. The summed E-state index contributed by atoms with van der Waals surface area (Å²) in [7, 11) is 0. The SMILES string of the molecule is CC.CC1C=C2ONCC2=CC1. The molecule has 1 heterocycles. The highest BCUT2D eigenvalue weighted by Gasteiger charge is 2.18. The molecule has 1 fully saturated rings. The average Bonchev–Trinajstić information content (AvgIpc) is 2.54. The second-order valence-corrected chi connectivity index (χ2v) is 2.90. The third-order valence-corrected chi connectivity index (χ3v) is 1.93. The Labute approximate surface area is 74.3 Å². The molecule has 12 heavy (non-hydrogen) atoms. The van der Waals surface area contributed by atoms with Crippen LogP contribution in [0.2, 0.25) is 0 Å². The molecule has 1 N–H and O–H groups in total. The van der Waals surface area contributed by atoms with Crippen LogP contribution in [0.5, 0.6) is 0 Å². The molecule has 0 aromatic rings. The Morgan fingerprint density at radius 3 is 3.00 bits per heavy atom. The molecule has 0 saturated carbocycles. The maximum Gasteiger partial charge on any atom is 0.147 e. The minimum absolute atomic E-state index is 0.638. The van der Waals surface area contributed by atoms with Crippen molar-refractivity contribution in [1.82, 2.24) is 5.48 Å². The van der Waals surface area contributed by atoms with Crippen LogP contribution >= 0.6 is 0 Å². The van der Waals surface area contributed by atoms with Gasteiger partial charge in [-0.15, -0.1) is 0 Å². The second kappa shape index (κ2) is 4.31. The molecular weight excluding hydrogens is 150 g/mol. The highest BCUT2D eigenvalue weighted by molar-refractivity contribution is 5.33. The van der Waals surface area contributed by atoms with E-state index in [9.17, 15) is 0 Å². The molecule has 0 bridgehead atoms. The molecule has 0 spiro atoms. The van der Waals surface area contributed by atoms with Crippen molar-refractivity contribution in [3.05, 3.63) is 23.5 Å². The largest absolute Gasteiger partial charge is 0.408 e. The number of rotatable bonds is 0. The van der Waals surface area contributed by atoms with E-state index in [1.807, 2.05) is 13.8 Å². The number of nitrogens with one attached hydrogen (secondary N) is 1. The first kappa shape index (κ1) is 9.33. The van der Waals surface area contributed by atoms with E-state index in [4.69, 9.17) is 4.84 Å². The van der Waals surface area contributed by atoms with Crippen molar-refractivity contribution in [1.29, 1.82) is 0 Å². The van der Waals surface area contributed by atoms with Crippen LogP contribution < -0.4 is 5.48 Å². The van der Waals surface area contributed by atoms with Gasteiger partial charge < -0.3 is 4.84 Å². The Bertz CT molecular complexity index is 206. The first-order chi connectivity index (χ1) is 5.86. The summed E-state index contributed by atoms with van der Waals surface area (Å²) in [6.07, 6.45) is 5.58. The van der Waals surface area contributed by atoms with Crippen LogP contribution in [0.4, 0.5) is 0 Å². The summed E-state index contributed by atoms with van der Waals surface area (Å²) < 4.78 is 0. The number of hydrogen-bond acceptors (Lipinski definition) is 2. The van der Waals surface area contributed by atoms with E-state index in [-0.39, 0.29) is 0 Å². The molecule has 0 amide bonds. The Balaban J connectivity index is 0.000000336. The Morgan fingerprint density at radius 2 is 2.25 bits per heavy atom. The summed E-state index contributed by atoms with van der Waals surface area (Å²) in [5, 5.41) is 0. The fourth-order valence-corrected chi connectivity index (χ4v) is 1.31. The summed E-state index contributed by atoms with van der Waals surface area (Å²) in [4.78, 5) is 5.17. The van der Waals surface area contributed by atoms with Crippen molar-refractivity contribution < 1.29 is 4.84 Å². The maximum atomic E-state index is 5.17. The summed E-state index contributed by atoms with van der Waals surface area (Å²) >= 11 is 0. The minimum atomic E-state index is 0.638. The van der Waals surface area contributed by atoms with Crippen LogP contribution in [-0.2, 0) is 4.84 Å². The molecular formula is C10H17NO. The Morgan fingerprint density at radius 1 is 1.50 bits per heavy atom. The van der Waals surface area contributed by atoms with Gasteiger partial charge in [0, 0.05) is 5.57 Å². The summed E-state index contributed by atoms with van der Waals surface area (Å²) in [5.41, 5.74) is 4.17. The molecule has 1 atom stereocenters. The van der Waals surface area contributed by atoms with Crippen molar-refractivity contribution in [2.45, 2.75) is 27.2 Å². The fraction of sp³-hybridized carbons (Fsp3) is 0.600. The summed E-state index contributed by atoms with van der Waals surface area (Å²) in [5.74, 6) is 1.68. The lowest BCUT2D eigenvalue weighted by Crippen LogP contribution is -2.02. The van der Waals surface area contributed by atoms with Crippen molar-refractivity contribution in [3.63, 3.8) is 0 Å². The molecule has 2 rings (SSSR count). The second-order valence-electron chi connectivity index (χ2n) is 2.90. The molecule has 0 aromatic heterocycles. The van der Waals surface area contributed by atoms with Gasteiger partial charge in [0.1, 0.15) is 5.76 Å². The normalized spacial score (nSPS) is 25.8. The maximum absolute atomic E-state index is 5.17. The smallest absolute Gasteiger partial charge is 0.147 e. The van der Waals surface area contributed by atoms with E-state index in [1.165, 1.54) is 5.57 Å². The Kier molecular flexibility index (Phi) is 3.35. The van der Waals surface area contributed by atoms with Gasteiger partial charge in [0.15, 0.2) is 0 Å². The molecule has 2 aliphatic rings. The average molecular weight is 167 g/mol. The standard InChI is InChI=1S/C8H11NO.C2H6/c1-6-2-3-7-5-9-10-8(7)4-6;1-2/h3-4,6,9H,2,5H2,1H3;1-2H3. The predicted molar refractivity (Wildman–Crippen MR) is 50.4 cm³/mol. The van der Waals surface area contributed by atoms with Crippen molar-refractivity contribution in [2.24, 2.45) is 5.92 Å². The van der Waals surface area contributed by atoms with E-state index in [0.29, 0.717) is 5.92 Å². The van der Waals surface area contributed by atoms with Gasteiger partial charge in [-0.3, -0.25) is 0 Å². The van der Waals surface area contributed by atoms with Crippen molar-refractivity contribution in [2.75, 3.05) is 6.54 Å². The predicted octanol–water partition coefficient (Wildman–Crippen LogP) is 2.40. The Hall–Kier alpha value is -0.760. The van der Waals surface area contributed by atoms with Gasteiger partial charge in [-0.05, 0) is 18.4 Å². The zero-order valence-electron chi connectivity index (χ0n) is 8.05. The number of fused-ring (bicyclic) bond motifs is 1. The van der Waals surface area contributed by atoms with Crippen molar-refractivity contribution in [3.8, 4) is 0 Å². The van der Waals surface area contributed by atoms with Crippen molar-refractivity contribution >= 4 is 0 Å². The zero-order valence-corrected chi connectivity index (χ0v) is 8.05. The molecule has 1 aliphatic carbocycles. The van der Waals surface area contributed by atoms with Gasteiger partial charge in [-0.2, -0.15) is 5.48 Å². The minimum Gasteiger partial charge on any atom is -0.408 e. The first-order valence-corrected chi connectivity index (χ1v) is 4.67. The molecule has 68 valence electrons. The highest BCUT2D eigenvalue weighted by atomic mass is 16.7. The third kappa shape index (κ3) is 1.89. The monoisotopic (exact) mass is 167 g/mol. The van der Waals surface area contributed by atoms with Gasteiger partial charge in [0.25, 0.3) is 0 Å². The lowest BCUT2D eigenvalue weighted by molar-refractivity contribution is 0.155. The van der Waals surface area contributed by atoms with E-state index in [0.717, 1.165) is 18.7 Å². The molecule has 0 radical (unpaired) electrons. The van der Waals surface area contributed by atoms with Crippen LogP contribution in [0, 0.1) is 5.92 Å².